The molecule has 1 saturated heterocycles. The van der Waals surface area contributed by atoms with E-state index in [1.54, 1.807) is 37.7 Å². The Morgan fingerprint density at radius 1 is 1.36 bits per heavy atom. The molecule has 25 heavy (non-hydrogen) atoms. The first-order chi connectivity index (χ1) is 12.2. The average molecular weight is 362 g/mol. The lowest BCUT2D eigenvalue weighted by atomic mass is 10.0. The van der Waals surface area contributed by atoms with Gasteiger partial charge in [0.2, 0.25) is 0 Å². The van der Waals surface area contributed by atoms with E-state index in [2.05, 4.69) is 15.6 Å². The van der Waals surface area contributed by atoms with Crippen LogP contribution in [-0.4, -0.2) is 30.8 Å². The summed E-state index contributed by atoms with van der Waals surface area (Å²) in [5, 5.41) is 6.45. The van der Waals surface area contributed by atoms with Gasteiger partial charge in [0, 0.05) is 42.4 Å². The molecule has 2 heterocycles. The molecule has 0 spiro atoms. The number of hydrogen-bond acceptors (Lipinski definition) is 4. The maximum atomic E-state index is 12.4. The molecule has 1 aliphatic heterocycles. The lowest BCUT2D eigenvalue weighted by Crippen LogP contribution is -2.39. The van der Waals surface area contributed by atoms with E-state index < -0.39 is 0 Å². The van der Waals surface area contributed by atoms with Crippen LogP contribution in [0.5, 0.6) is 0 Å². The van der Waals surface area contributed by atoms with Crippen LogP contribution >= 0.6 is 11.6 Å². The van der Waals surface area contributed by atoms with Crippen molar-refractivity contribution < 1.29 is 14.3 Å². The number of aromatic nitrogens is 1. The van der Waals surface area contributed by atoms with Crippen LogP contribution in [0.2, 0.25) is 5.02 Å². The van der Waals surface area contributed by atoms with Gasteiger partial charge in [0.25, 0.3) is 0 Å². The smallest absolute Gasteiger partial charge is 0.319 e. The Morgan fingerprint density at radius 2 is 2.16 bits per heavy atom. The number of carbonyl (C=O) groups is 1. The SMILES string of the molecule is COCc1cc(Cl)ccc1NC(=O)N[C@@H]1CCO[C@H]1c1ccncc1. The highest BCUT2D eigenvalue weighted by Gasteiger charge is 2.31. The van der Waals surface area contributed by atoms with Crippen molar-refractivity contribution in [1.29, 1.82) is 0 Å². The molecule has 2 amide bonds. The minimum Gasteiger partial charge on any atom is -0.380 e. The Kier molecular flexibility index (Phi) is 5.86. The third-order valence-electron chi connectivity index (χ3n) is 4.06. The van der Waals surface area contributed by atoms with Gasteiger partial charge in [-0.25, -0.2) is 4.79 Å². The van der Waals surface area contributed by atoms with Crippen LogP contribution in [0.4, 0.5) is 10.5 Å². The normalized spacial score (nSPS) is 19.6. The lowest BCUT2D eigenvalue weighted by molar-refractivity contribution is 0.100. The molecule has 0 aliphatic carbocycles. The molecule has 1 aromatic carbocycles. The van der Waals surface area contributed by atoms with Crippen LogP contribution in [0.25, 0.3) is 0 Å². The van der Waals surface area contributed by atoms with E-state index in [0.29, 0.717) is 23.9 Å². The van der Waals surface area contributed by atoms with Gasteiger partial charge < -0.3 is 20.1 Å². The number of ether oxygens (including phenoxy) is 2. The second-order valence-electron chi connectivity index (χ2n) is 5.80. The van der Waals surface area contributed by atoms with E-state index in [4.69, 9.17) is 21.1 Å². The standard InChI is InChI=1S/C18H20ClN3O3/c1-24-11-13-10-14(19)2-3-15(13)21-18(23)22-16-6-9-25-17(16)12-4-7-20-8-5-12/h2-5,7-8,10,16-17H,6,9,11H2,1H3,(H2,21,22,23)/t16-,17+/m1/s1. The maximum absolute atomic E-state index is 12.4. The van der Waals surface area contributed by atoms with Gasteiger partial charge in [-0.2, -0.15) is 0 Å². The van der Waals surface area contributed by atoms with Gasteiger partial charge in [0.05, 0.1) is 12.6 Å². The molecule has 0 bridgehead atoms. The number of carbonyl (C=O) groups excluding carboxylic acids is 1. The maximum Gasteiger partial charge on any atom is 0.319 e. The second-order valence-corrected chi connectivity index (χ2v) is 6.24. The van der Waals surface area contributed by atoms with E-state index in [-0.39, 0.29) is 18.2 Å². The van der Waals surface area contributed by atoms with Crippen LogP contribution in [0, 0.1) is 0 Å². The van der Waals surface area contributed by atoms with Crippen molar-refractivity contribution in [2.45, 2.75) is 25.2 Å². The molecule has 0 radical (unpaired) electrons. The fraction of sp³-hybridized carbons (Fsp3) is 0.333. The van der Waals surface area contributed by atoms with E-state index in [0.717, 1.165) is 17.5 Å². The summed E-state index contributed by atoms with van der Waals surface area (Å²) < 4.78 is 10.9. The number of hydrogen-bond donors (Lipinski definition) is 2. The molecule has 2 atom stereocenters. The molecule has 7 heteroatoms. The summed E-state index contributed by atoms with van der Waals surface area (Å²) in [4.78, 5) is 16.4. The number of anilines is 1. The monoisotopic (exact) mass is 361 g/mol. The fourth-order valence-corrected chi connectivity index (χ4v) is 3.10. The molecule has 1 aliphatic rings. The van der Waals surface area contributed by atoms with Crippen molar-refractivity contribution >= 4 is 23.3 Å². The largest absolute Gasteiger partial charge is 0.380 e. The number of nitrogens with zero attached hydrogens (tertiary/aromatic N) is 1. The summed E-state index contributed by atoms with van der Waals surface area (Å²) in [6.45, 7) is 0.968. The molecule has 0 unspecified atom stereocenters. The predicted octanol–water partition coefficient (Wildman–Crippen LogP) is 3.53. The van der Waals surface area contributed by atoms with E-state index in [1.807, 2.05) is 12.1 Å². The van der Waals surface area contributed by atoms with Crippen molar-refractivity contribution in [2.24, 2.45) is 0 Å². The average Bonchev–Trinajstić information content (AvgIpc) is 3.06. The Hall–Kier alpha value is -2.15. The summed E-state index contributed by atoms with van der Waals surface area (Å²) in [7, 11) is 1.60. The van der Waals surface area contributed by atoms with Crippen molar-refractivity contribution in [1.82, 2.24) is 10.3 Å². The van der Waals surface area contributed by atoms with Gasteiger partial charge in [-0.1, -0.05) is 11.6 Å². The zero-order valence-corrected chi connectivity index (χ0v) is 14.6. The number of benzene rings is 1. The minimum atomic E-state index is -0.283. The first-order valence-corrected chi connectivity index (χ1v) is 8.41. The van der Waals surface area contributed by atoms with E-state index in [9.17, 15) is 4.79 Å². The molecule has 1 fully saturated rings. The zero-order valence-electron chi connectivity index (χ0n) is 13.9. The Morgan fingerprint density at radius 3 is 2.92 bits per heavy atom. The summed E-state index contributed by atoms with van der Waals surface area (Å²) >= 11 is 6.01. The highest BCUT2D eigenvalue weighted by molar-refractivity contribution is 6.30. The number of pyridine rings is 1. The summed E-state index contributed by atoms with van der Waals surface area (Å²) in [5.41, 5.74) is 2.49. The van der Waals surface area contributed by atoms with Crippen molar-refractivity contribution in [3.63, 3.8) is 0 Å². The lowest BCUT2D eigenvalue weighted by Gasteiger charge is -2.21. The van der Waals surface area contributed by atoms with E-state index in [1.165, 1.54) is 0 Å². The van der Waals surface area contributed by atoms with Gasteiger partial charge in [-0.15, -0.1) is 0 Å². The molecule has 132 valence electrons. The number of methoxy groups -OCH3 is 1. The molecule has 6 nitrogen and oxygen atoms in total. The summed E-state index contributed by atoms with van der Waals surface area (Å²) in [5.74, 6) is 0. The molecular formula is C18H20ClN3O3. The molecule has 1 aromatic heterocycles. The van der Waals surface area contributed by atoms with Crippen molar-refractivity contribution in [2.75, 3.05) is 19.0 Å². The zero-order chi connectivity index (χ0) is 17.6. The van der Waals surface area contributed by atoms with E-state index >= 15 is 0 Å². The first kappa shape index (κ1) is 17.7. The number of urea groups is 1. The van der Waals surface area contributed by atoms with Crippen LogP contribution in [0.1, 0.15) is 23.7 Å². The van der Waals surface area contributed by atoms with Gasteiger partial charge in [-0.3, -0.25) is 4.98 Å². The summed E-state index contributed by atoms with van der Waals surface area (Å²) in [6, 6.07) is 8.70. The van der Waals surface area contributed by atoms with Gasteiger partial charge in [0.1, 0.15) is 6.10 Å². The van der Waals surface area contributed by atoms with Crippen molar-refractivity contribution in [3.05, 3.63) is 58.9 Å². The Labute approximate surface area is 151 Å². The van der Waals surface area contributed by atoms with Gasteiger partial charge in [-0.05, 0) is 42.3 Å². The van der Waals surface area contributed by atoms with Crippen LogP contribution in [-0.2, 0) is 16.1 Å². The Balaban J connectivity index is 1.66. The van der Waals surface area contributed by atoms with Crippen molar-refractivity contribution in [3.8, 4) is 0 Å². The third-order valence-corrected chi connectivity index (χ3v) is 4.29. The summed E-state index contributed by atoms with van der Waals surface area (Å²) in [6.07, 6.45) is 4.03. The molecular weight excluding hydrogens is 342 g/mol. The molecule has 3 rings (SSSR count). The number of rotatable bonds is 5. The van der Waals surface area contributed by atoms with Crippen LogP contribution < -0.4 is 10.6 Å². The topological polar surface area (TPSA) is 72.5 Å². The number of amides is 2. The van der Waals surface area contributed by atoms with Gasteiger partial charge in [0.15, 0.2) is 0 Å². The fourth-order valence-electron chi connectivity index (χ4n) is 2.90. The molecule has 2 N–H and O–H groups in total. The highest BCUT2D eigenvalue weighted by atomic mass is 35.5. The molecule has 2 aromatic rings. The first-order valence-electron chi connectivity index (χ1n) is 8.04. The quantitative estimate of drug-likeness (QED) is 0.854. The minimum absolute atomic E-state index is 0.0967. The number of halogens is 1. The Bertz CT molecular complexity index is 727. The highest BCUT2D eigenvalue weighted by Crippen LogP contribution is 2.29. The predicted molar refractivity (Wildman–Crippen MR) is 95.7 cm³/mol. The number of nitrogens with one attached hydrogen (secondary N) is 2. The van der Waals surface area contributed by atoms with Crippen LogP contribution in [0.3, 0.4) is 0 Å². The van der Waals surface area contributed by atoms with Gasteiger partial charge >= 0.3 is 6.03 Å². The second kappa shape index (κ2) is 8.29. The van der Waals surface area contributed by atoms with Crippen LogP contribution in [0.15, 0.2) is 42.7 Å². The third kappa shape index (κ3) is 4.48. The molecule has 0 saturated carbocycles.